The second kappa shape index (κ2) is 7.78. The van der Waals surface area contributed by atoms with Gasteiger partial charge < -0.3 is 15.4 Å². The summed E-state index contributed by atoms with van der Waals surface area (Å²) in [6, 6.07) is 1.57. The Hall–Kier alpha value is -2.63. The quantitative estimate of drug-likeness (QED) is 0.535. The van der Waals surface area contributed by atoms with Crippen LogP contribution in [0.3, 0.4) is 0 Å². The fourth-order valence-corrected chi connectivity index (χ4v) is 4.31. The van der Waals surface area contributed by atoms with Crippen molar-refractivity contribution in [1.82, 2.24) is 15.5 Å². The molecule has 1 aliphatic heterocycles. The molecule has 0 radical (unpaired) electrons. The molecule has 1 atom stereocenters. The molecule has 3 rings (SSSR count). The molecule has 9 heteroatoms. The summed E-state index contributed by atoms with van der Waals surface area (Å²) < 4.78 is 5.12. The first-order valence-corrected chi connectivity index (χ1v) is 9.88. The van der Waals surface area contributed by atoms with Crippen LogP contribution in [0.15, 0.2) is 0 Å². The normalized spacial score (nSPS) is 23.8. The van der Waals surface area contributed by atoms with Gasteiger partial charge >= 0.3 is 12.0 Å². The number of hydrogen-bond donors (Lipinski definition) is 2. The monoisotopic (exact) mass is 390 g/mol. The van der Waals surface area contributed by atoms with E-state index in [-0.39, 0.29) is 0 Å². The Kier molecular flexibility index (Phi) is 5.59. The smallest absolute Gasteiger partial charge is 0.327 e. The van der Waals surface area contributed by atoms with Gasteiger partial charge in [-0.25, -0.2) is 4.79 Å². The van der Waals surface area contributed by atoms with Gasteiger partial charge in [0.2, 0.25) is 0 Å². The Labute approximate surface area is 163 Å². The molecule has 0 unspecified atom stereocenters. The largest absolute Gasteiger partial charge is 0.451 e. The van der Waals surface area contributed by atoms with Crippen LogP contribution in [0.25, 0.3) is 0 Å². The lowest BCUT2D eigenvalue weighted by molar-refractivity contribution is -0.157. The molecular weight excluding hydrogens is 364 g/mol. The van der Waals surface area contributed by atoms with Crippen LogP contribution in [-0.4, -0.2) is 52.4 Å². The van der Waals surface area contributed by atoms with Gasteiger partial charge in [-0.2, -0.15) is 5.26 Å². The summed E-state index contributed by atoms with van der Waals surface area (Å²) in [6.45, 7) is 0.874. The Morgan fingerprint density at radius 3 is 2.39 bits per heavy atom. The SMILES string of the molecule is C[C@H](OC(=O)CN1C(=O)NC2(CCCC2)C1=O)C(=O)NC1(C#N)CCCCC1. The topological polar surface area (TPSA) is 129 Å². The van der Waals surface area contributed by atoms with Crippen molar-refractivity contribution in [3.63, 3.8) is 0 Å². The van der Waals surface area contributed by atoms with Crippen LogP contribution in [0, 0.1) is 11.3 Å². The number of rotatable bonds is 5. The van der Waals surface area contributed by atoms with E-state index in [1.165, 1.54) is 6.92 Å². The Morgan fingerprint density at radius 1 is 1.18 bits per heavy atom. The van der Waals surface area contributed by atoms with Gasteiger partial charge in [0.15, 0.2) is 6.10 Å². The van der Waals surface area contributed by atoms with Gasteiger partial charge in [-0.3, -0.25) is 19.3 Å². The van der Waals surface area contributed by atoms with Crippen molar-refractivity contribution in [2.24, 2.45) is 0 Å². The van der Waals surface area contributed by atoms with Crippen LogP contribution in [0.1, 0.15) is 64.7 Å². The zero-order valence-electron chi connectivity index (χ0n) is 16.1. The number of ether oxygens (including phenoxy) is 1. The third-order valence-corrected chi connectivity index (χ3v) is 5.95. The van der Waals surface area contributed by atoms with Crippen LogP contribution < -0.4 is 10.6 Å². The minimum Gasteiger partial charge on any atom is -0.451 e. The van der Waals surface area contributed by atoms with E-state index in [0.29, 0.717) is 25.7 Å². The Morgan fingerprint density at radius 2 is 1.79 bits per heavy atom. The molecule has 0 bridgehead atoms. The predicted molar refractivity (Wildman–Crippen MR) is 96.6 cm³/mol. The summed E-state index contributed by atoms with van der Waals surface area (Å²) in [6.07, 6.45) is 5.59. The van der Waals surface area contributed by atoms with Gasteiger partial charge in [-0.15, -0.1) is 0 Å². The van der Waals surface area contributed by atoms with E-state index in [9.17, 15) is 24.4 Å². The highest BCUT2D eigenvalue weighted by molar-refractivity contribution is 6.08. The van der Waals surface area contributed by atoms with E-state index in [4.69, 9.17) is 4.74 Å². The zero-order valence-corrected chi connectivity index (χ0v) is 16.1. The van der Waals surface area contributed by atoms with Crippen LogP contribution in [0.2, 0.25) is 0 Å². The minimum atomic E-state index is -1.12. The number of nitrogens with zero attached hydrogens (tertiary/aromatic N) is 2. The van der Waals surface area contributed by atoms with E-state index in [2.05, 4.69) is 16.7 Å². The van der Waals surface area contributed by atoms with Crippen molar-refractivity contribution >= 4 is 23.8 Å². The predicted octanol–water partition coefficient (Wildman–Crippen LogP) is 1.13. The van der Waals surface area contributed by atoms with E-state index < -0.39 is 47.5 Å². The number of urea groups is 1. The van der Waals surface area contributed by atoms with Crippen molar-refractivity contribution in [1.29, 1.82) is 5.26 Å². The third kappa shape index (κ3) is 3.81. The highest BCUT2D eigenvalue weighted by Crippen LogP contribution is 2.35. The maximum atomic E-state index is 12.6. The number of carbonyl (C=O) groups is 4. The first-order valence-electron chi connectivity index (χ1n) is 9.88. The van der Waals surface area contributed by atoms with Crippen LogP contribution in [-0.2, 0) is 19.1 Å². The molecule has 4 amide bonds. The average molecular weight is 390 g/mol. The highest BCUT2D eigenvalue weighted by atomic mass is 16.5. The first-order chi connectivity index (χ1) is 13.3. The van der Waals surface area contributed by atoms with Gasteiger partial charge in [-0.1, -0.05) is 32.1 Å². The summed E-state index contributed by atoms with van der Waals surface area (Å²) in [5, 5.41) is 14.8. The van der Waals surface area contributed by atoms with E-state index in [1.807, 2.05) is 0 Å². The zero-order chi connectivity index (χ0) is 20.4. The molecule has 2 N–H and O–H groups in total. The molecular formula is C19H26N4O5. The van der Waals surface area contributed by atoms with E-state index in [0.717, 1.165) is 37.0 Å². The number of nitrogens with one attached hydrogen (secondary N) is 2. The highest BCUT2D eigenvalue weighted by Gasteiger charge is 2.53. The molecule has 0 aromatic rings. The number of nitriles is 1. The second-order valence-electron chi connectivity index (χ2n) is 7.99. The summed E-state index contributed by atoms with van der Waals surface area (Å²) in [5.41, 5.74) is -1.81. The number of amides is 4. The molecule has 28 heavy (non-hydrogen) atoms. The maximum absolute atomic E-state index is 12.6. The maximum Gasteiger partial charge on any atom is 0.327 e. The van der Waals surface area contributed by atoms with Crippen molar-refractivity contribution in [3.05, 3.63) is 0 Å². The molecule has 1 spiro atoms. The van der Waals surface area contributed by atoms with Crippen molar-refractivity contribution in [2.75, 3.05) is 6.54 Å². The second-order valence-corrected chi connectivity index (χ2v) is 7.99. The van der Waals surface area contributed by atoms with Crippen molar-refractivity contribution < 1.29 is 23.9 Å². The van der Waals surface area contributed by atoms with E-state index in [1.54, 1.807) is 0 Å². The van der Waals surface area contributed by atoms with E-state index >= 15 is 0 Å². The standard InChI is InChI=1S/C19H26N4O5/c1-13(15(25)21-18(12-20)7-3-2-4-8-18)28-14(24)11-23-16(26)19(22-17(23)27)9-5-6-10-19/h13H,2-11H2,1H3,(H,21,25)(H,22,27)/t13-/m0/s1. The van der Waals surface area contributed by atoms with Gasteiger partial charge in [0, 0.05) is 0 Å². The summed E-state index contributed by atoms with van der Waals surface area (Å²) in [7, 11) is 0. The van der Waals surface area contributed by atoms with Gasteiger partial charge in [0.1, 0.15) is 17.6 Å². The van der Waals surface area contributed by atoms with Gasteiger partial charge in [0.05, 0.1) is 6.07 Å². The number of imide groups is 1. The molecule has 0 aromatic carbocycles. The Bertz CT molecular complexity index is 716. The average Bonchev–Trinajstić information content (AvgIpc) is 3.23. The molecule has 152 valence electrons. The lowest BCUT2D eigenvalue weighted by atomic mass is 9.83. The lowest BCUT2D eigenvalue weighted by Crippen LogP contribution is -2.52. The summed E-state index contributed by atoms with van der Waals surface area (Å²) >= 11 is 0. The molecule has 3 fully saturated rings. The van der Waals surface area contributed by atoms with Crippen LogP contribution in [0.5, 0.6) is 0 Å². The van der Waals surface area contributed by atoms with Crippen molar-refractivity contribution in [3.8, 4) is 6.07 Å². The minimum absolute atomic E-state index is 0.408. The van der Waals surface area contributed by atoms with Crippen LogP contribution >= 0.6 is 0 Å². The summed E-state index contributed by atoms with van der Waals surface area (Å²) in [5.74, 6) is -1.80. The molecule has 3 aliphatic rings. The fraction of sp³-hybridized carbons (Fsp3) is 0.737. The fourth-order valence-electron chi connectivity index (χ4n) is 4.31. The molecule has 1 saturated heterocycles. The number of carbonyl (C=O) groups excluding carboxylic acids is 4. The third-order valence-electron chi connectivity index (χ3n) is 5.95. The van der Waals surface area contributed by atoms with Gasteiger partial charge in [-0.05, 0) is 32.6 Å². The van der Waals surface area contributed by atoms with Gasteiger partial charge in [0.25, 0.3) is 11.8 Å². The molecule has 0 aromatic heterocycles. The first kappa shape index (κ1) is 20.1. The Balaban J connectivity index is 1.54. The number of hydrogen-bond acceptors (Lipinski definition) is 6. The number of esters is 1. The van der Waals surface area contributed by atoms with Crippen LogP contribution in [0.4, 0.5) is 4.79 Å². The molecule has 9 nitrogen and oxygen atoms in total. The lowest BCUT2D eigenvalue weighted by Gasteiger charge is -2.32. The molecule has 2 aliphatic carbocycles. The van der Waals surface area contributed by atoms with Crippen molar-refractivity contribution in [2.45, 2.75) is 81.9 Å². The summed E-state index contributed by atoms with van der Waals surface area (Å²) in [4.78, 5) is 50.1. The molecule has 1 heterocycles. The molecule has 2 saturated carbocycles.